The van der Waals surface area contributed by atoms with Crippen LogP contribution in [-0.2, 0) is 11.4 Å². The Bertz CT molecular complexity index is 1340. The fraction of sp³-hybridized carbons (Fsp3) is 0.0833. The minimum Gasteiger partial charge on any atom is -0.486 e. The summed E-state index contributed by atoms with van der Waals surface area (Å²) in [5, 5.41) is 5.03. The van der Waals surface area contributed by atoms with Gasteiger partial charge in [0.05, 0.1) is 19.5 Å². The average Bonchev–Trinajstić information content (AvgIpc) is 3.10. The highest BCUT2D eigenvalue weighted by molar-refractivity contribution is 9.11. The molecule has 0 saturated carbocycles. The number of halogens is 5. The molecule has 0 atom stereocenters. The van der Waals surface area contributed by atoms with Gasteiger partial charge in [-0.15, -0.1) is 0 Å². The van der Waals surface area contributed by atoms with Crippen molar-refractivity contribution in [2.75, 3.05) is 0 Å². The summed E-state index contributed by atoms with van der Waals surface area (Å²) >= 11 is 26.7. The van der Waals surface area contributed by atoms with Gasteiger partial charge in [-0.2, -0.15) is 0 Å². The van der Waals surface area contributed by atoms with E-state index in [-0.39, 0.29) is 12.5 Å². The molecule has 10 heteroatoms. The number of nitrogens with one attached hydrogen (secondary N) is 1. The zero-order valence-corrected chi connectivity index (χ0v) is 23.7. The van der Waals surface area contributed by atoms with Gasteiger partial charge in [-0.05, 0) is 104 Å². The lowest BCUT2D eigenvalue weighted by molar-refractivity contribution is -0.115. The standard InChI is InChI=1S/C24H15Br2Cl3N2O2S/c1-12-18(28)3-2-4-20(12)30-24-31-23(32)21(34-24)9-13-7-16(25)22(17(26)8-13)33-11-14-5-6-15(27)10-19(14)29/h2-10H,11H2,1H3,(H,30,31,32)/b21-9+. The molecule has 1 amide bonds. The van der Waals surface area contributed by atoms with Crippen LogP contribution in [0.4, 0.5) is 5.69 Å². The van der Waals surface area contributed by atoms with Crippen molar-refractivity contribution in [1.82, 2.24) is 5.32 Å². The molecular formula is C24H15Br2Cl3N2O2S. The molecule has 4 nitrogen and oxygen atoms in total. The van der Waals surface area contributed by atoms with E-state index in [4.69, 9.17) is 39.5 Å². The number of hydrogen-bond acceptors (Lipinski definition) is 4. The molecule has 0 aromatic heterocycles. The van der Waals surface area contributed by atoms with E-state index in [1.54, 1.807) is 24.3 Å². The van der Waals surface area contributed by atoms with E-state index in [0.29, 0.717) is 36.6 Å². The van der Waals surface area contributed by atoms with Crippen LogP contribution in [0.5, 0.6) is 5.75 Å². The van der Waals surface area contributed by atoms with Crippen molar-refractivity contribution in [2.45, 2.75) is 13.5 Å². The number of nitrogens with zero attached hydrogens (tertiary/aromatic N) is 1. The summed E-state index contributed by atoms with van der Waals surface area (Å²) in [5.41, 5.74) is 3.20. The first kappa shape index (κ1) is 25.6. The van der Waals surface area contributed by atoms with Gasteiger partial charge in [-0.1, -0.05) is 46.9 Å². The van der Waals surface area contributed by atoms with Crippen LogP contribution >= 0.6 is 78.4 Å². The topological polar surface area (TPSA) is 50.7 Å². The lowest BCUT2D eigenvalue weighted by Crippen LogP contribution is -2.19. The maximum atomic E-state index is 12.5. The van der Waals surface area contributed by atoms with Gasteiger partial charge in [0.25, 0.3) is 5.91 Å². The zero-order valence-electron chi connectivity index (χ0n) is 17.5. The fourth-order valence-electron chi connectivity index (χ4n) is 3.05. The van der Waals surface area contributed by atoms with Gasteiger partial charge in [0.1, 0.15) is 12.4 Å². The Morgan fingerprint density at radius 2 is 1.79 bits per heavy atom. The molecule has 0 bridgehead atoms. The molecule has 0 unspecified atom stereocenters. The largest absolute Gasteiger partial charge is 0.486 e. The molecule has 0 spiro atoms. The zero-order chi connectivity index (χ0) is 24.4. The van der Waals surface area contributed by atoms with Crippen molar-refractivity contribution in [3.8, 4) is 5.75 Å². The first-order valence-corrected chi connectivity index (χ1v) is 13.4. The summed E-state index contributed by atoms with van der Waals surface area (Å²) in [7, 11) is 0. The van der Waals surface area contributed by atoms with Gasteiger partial charge in [0, 0.05) is 20.6 Å². The van der Waals surface area contributed by atoms with Crippen molar-refractivity contribution in [1.29, 1.82) is 0 Å². The number of ether oxygens (including phenoxy) is 1. The average molecular weight is 662 g/mol. The SMILES string of the molecule is Cc1c(Cl)cccc1N=C1NC(=O)/C(=C\c2cc(Br)c(OCc3ccc(Cl)cc3Cl)c(Br)c2)S1. The quantitative estimate of drug-likeness (QED) is 0.278. The van der Waals surface area contributed by atoms with Crippen molar-refractivity contribution in [3.05, 3.63) is 94.1 Å². The molecule has 1 aliphatic rings. The summed E-state index contributed by atoms with van der Waals surface area (Å²) in [6, 6.07) is 14.5. The Balaban J connectivity index is 1.52. The van der Waals surface area contributed by atoms with E-state index in [0.717, 1.165) is 25.6 Å². The van der Waals surface area contributed by atoms with Crippen LogP contribution in [0.15, 0.2) is 67.4 Å². The third kappa shape index (κ3) is 6.01. The number of carbonyl (C=O) groups excluding carboxylic acids is 1. The molecule has 3 aromatic rings. The molecule has 3 aromatic carbocycles. The lowest BCUT2D eigenvalue weighted by atomic mass is 10.2. The monoisotopic (exact) mass is 658 g/mol. The number of carbonyl (C=O) groups is 1. The maximum Gasteiger partial charge on any atom is 0.264 e. The first-order chi connectivity index (χ1) is 16.2. The molecule has 0 radical (unpaired) electrons. The lowest BCUT2D eigenvalue weighted by Gasteiger charge is -2.12. The van der Waals surface area contributed by atoms with E-state index < -0.39 is 0 Å². The van der Waals surface area contributed by atoms with Gasteiger partial charge in [0.2, 0.25) is 0 Å². The number of amides is 1. The van der Waals surface area contributed by atoms with E-state index in [9.17, 15) is 4.79 Å². The molecule has 1 aliphatic heterocycles. The highest BCUT2D eigenvalue weighted by atomic mass is 79.9. The summed E-state index contributed by atoms with van der Waals surface area (Å²) in [6.07, 6.45) is 1.79. The Morgan fingerprint density at radius 1 is 1.06 bits per heavy atom. The maximum absolute atomic E-state index is 12.5. The van der Waals surface area contributed by atoms with Crippen LogP contribution in [-0.4, -0.2) is 11.1 Å². The predicted octanol–water partition coefficient (Wildman–Crippen LogP) is 8.95. The van der Waals surface area contributed by atoms with Crippen LogP contribution < -0.4 is 10.1 Å². The van der Waals surface area contributed by atoms with E-state index in [1.807, 2.05) is 37.3 Å². The third-order valence-electron chi connectivity index (χ3n) is 4.82. The predicted molar refractivity (Wildman–Crippen MR) is 150 cm³/mol. The highest BCUT2D eigenvalue weighted by Gasteiger charge is 2.24. The second-order valence-corrected chi connectivity index (χ2v) is 11.2. The van der Waals surface area contributed by atoms with Gasteiger partial charge in [-0.25, -0.2) is 4.99 Å². The van der Waals surface area contributed by atoms with E-state index in [1.165, 1.54) is 11.8 Å². The summed E-state index contributed by atoms with van der Waals surface area (Å²) in [6.45, 7) is 2.16. The summed E-state index contributed by atoms with van der Waals surface area (Å²) in [4.78, 5) is 17.6. The molecule has 1 saturated heterocycles. The third-order valence-corrected chi connectivity index (χ3v) is 7.90. The smallest absolute Gasteiger partial charge is 0.264 e. The molecule has 0 aliphatic carbocycles. The summed E-state index contributed by atoms with van der Waals surface area (Å²) < 4.78 is 7.42. The van der Waals surface area contributed by atoms with Crippen molar-refractivity contribution >= 4 is 101 Å². The second-order valence-electron chi connectivity index (χ2n) is 7.20. The Morgan fingerprint density at radius 3 is 2.50 bits per heavy atom. The number of amidine groups is 1. The van der Waals surface area contributed by atoms with Gasteiger partial charge < -0.3 is 10.1 Å². The molecule has 34 heavy (non-hydrogen) atoms. The van der Waals surface area contributed by atoms with Crippen molar-refractivity contribution < 1.29 is 9.53 Å². The molecule has 1 fully saturated rings. The van der Waals surface area contributed by atoms with Crippen LogP contribution in [0.25, 0.3) is 6.08 Å². The Labute approximate surface area is 233 Å². The minimum atomic E-state index is -0.214. The number of aliphatic imine (C=N–C) groups is 1. The fourth-order valence-corrected chi connectivity index (χ4v) is 5.97. The molecule has 174 valence electrons. The van der Waals surface area contributed by atoms with Crippen LogP contribution in [0, 0.1) is 6.92 Å². The van der Waals surface area contributed by atoms with E-state index >= 15 is 0 Å². The van der Waals surface area contributed by atoms with Gasteiger partial charge >= 0.3 is 0 Å². The van der Waals surface area contributed by atoms with Crippen LogP contribution in [0.2, 0.25) is 15.1 Å². The minimum absolute atomic E-state index is 0.214. The van der Waals surface area contributed by atoms with Gasteiger partial charge in [-0.3, -0.25) is 4.79 Å². The molecule has 4 rings (SSSR count). The first-order valence-electron chi connectivity index (χ1n) is 9.81. The van der Waals surface area contributed by atoms with Crippen LogP contribution in [0.3, 0.4) is 0 Å². The van der Waals surface area contributed by atoms with Crippen molar-refractivity contribution in [3.63, 3.8) is 0 Å². The number of hydrogen-bond donors (Lipinski definition) is 1. The van der Waals surface area contributed by atoms with Crippen molar-refractivity contribution in [2.24, 2.45) is 4.99 Å². The molecule has 1 N–H and O–H groups in total. The van der Waals surface area contributed by atoms with Crippen LogP contribution in [0.1, 0.15) is 16.7 Å². The van der Waals surface area contributed by atoms with E-state index in [2.05, 4.69) is 42.2 Å². The summed E-state index contributed by atoms with van der Waals surface area (Å²) in [5.74, 6) is 0.406. The number of rotatable bonds is 5. The van der Waals surface area contributed by atoms with Gasteiger partial charge in [0.15, 0.2) is 5.17 Å². The second kappa shape index (κ2) is 11.1. The molecular weight excluding hydrogens is 647 g/mol. The normalized spacial score (nSPS) is 15.8. The number of benzene rings is 3. The molecule has 1 heterocycles. The highest BCUT2D eigenvalue weighted by Crippen LogP contribution is 2.38. The Hall–Kier alpha value is -1.48. The number of thioether (sulfide) groups is 1. The Kier molecular flexibility index (Phi) is 8.33.